The minimum atomic E-state index is -3.28. The van der Waals surface area contributed by atoms with Crippen LogP contribution in [0.4, 0.5) is 10.8 Å². The van der Waals surface area contributed by atoms with Crippen molar-refractivity contribution in [2.75, 3.05) is 23.9 Å². The number of nitrogens with one attached hydrogen (secondary N) is 1. The van der Waals surface area contributed by atoms with Gasteiger partial charge in [0.05, 0.1) is 0 Å². The average molecular weight is 221 g/mol. The molecule has 0 aromatic carbocycles. The number of sulfone groups is 1. The Morgan fingerprint density at radius 3 is 2.69 bits per heavy atom. The van der Waals surface area contributed by atoms with Crippen molar-refractivity contribution in [3.05, 3.63) is 0 Å². The summed E-state index contributed by atoms with van der Waals surface area (Å²) < 4.78 is 26.3. The molecule has 1 rings (SSSR count). The quantitative estimate of drug-likeness (QED) is 0.779. The Morgan fingerprint density at radius 1 is 1.62 bits per heavy atom. The highest BCUT2D eigenvalue weighted by atomic mass is 32.2. The van der Waals surface area contributed by atoms with Gasteiger partial charge in [0.2, 0.25) is 0 Å². The molecule has 13 heavy (non-hydrogen) atoms. The predicted molar refractivity (Wildman–Crippen MR) is 53.8 cm³/mol. The maximum atomic E-state index is 11.3. The molecule has 7 heteroatoms. The zero-order chi connectivity index (χ0) is 10.1. The molecule has 1 aromatic heterocycles. The molecule has 0 aliphatic heterocycles. The van der Waals surface area contributed by atoms with Crippen molar-refractivity contribution in [1.82, 2.24) is 4.37 Å². The second-order valence-electron chi connectivity index (χ2n) is 2.53. The molecule has 1 heterocycles. The van der Waals surface area contributed by atoms with Crippen LogP contribution in [-0.2, 0) is 9.84 Å². The standard InChI is InChI=1S/C6H11N3O2S2/c1-3-8-6-4(13(2,10)11)5(7)9-12-6/h8H,3H2,1-2H3,(H2,7,9). The number of aromatic nitrogens is 1. The van der Waals surface area contributed by atoms with Gasteiger partial charge < -0.3 is 11.1 Å². The van der Waals surface area contributed by atoms with Crippen LogP contribution in [0.15, 0.2) is 4.90 Å². The van der Waals surface area contributed by atoms with Crippen LogP contribution in [0.1, 0.15) is 6.92 Å². The molecule has 1 aromatic rings. The van der Waals surface area contributed by atoms with Crippen molar-refractivity contribution < 1.29 is 8.42 Å². The van der Waals surface area contributed by atoms with E-state index < -0.39 is 9.84 Å². The second-order valence-corrected chi connectivity index (χ2v) is 5.25. The van der Waals surface area contributed by atoms with Crippen LogP contribution >= 0.6 is 11.5 Å². The highest BCUT2D eigenvalue weighted by molar-refractivity contribution is 7.91. The fraction of sp³-hybridized carbons (Fsp3) is 0.500. The third-order valence-corrected chi connectivity index (χ3v) is 3.49. The van der Waals surface area contributed by atoms with Crippen LogP contribution in [-0.4, -0.2) is 25.6 Å². The van der Waals surface area contributed by atoms with E-state index in [1.807, 2.05) is 6.92 Å². The Kier molecular flexibility index (Phi) is 2.77. The number of rotatable bonds is 3. The largest absolute Gasteiger partial charge is 0.382 e. The van der Waals surface area contributed by atoms with Crippen molar-refractivity contribution in [3.8, 4) is 0 Å². The van der Waals surface area contributed by atoms with Crippen LogP contribution < -0.4 is 11.1 Å². The summed E-state index contributed by atoms with van der Waals surface area (Å²) in [6, 6.07) is 0. The zero-order valence-electron chi connectivity index (χ0n) is 7.36. The Morgan fingerprint density at radius 2 is 2.23 bits per heavy atom. The molecule has 0 amide bonds. The third kappa shape index (κ3) is 2.10. The number of nitrogen functional groups attached to an aromatic ring is 1. The average Bonchev–Trinajstić information content (AvgIpc) is 2.31. The molecule has 0 aliphatic carbocycles. The fourth-order valence-corrected chi connectivity index (χ4v) is 3.06. The van der Waals surface area contributed by atoms with Crippen molar-refractivity contribution in [1.29, 1.82) is 0 Å². The number of anilines is 2. The topological polar surface area (TPSA) is 85.1 Å². The molecule has 0 saturated carbocycles. The number of nitrogens with two attached hydrogens (primary N) is 1. The summed E-state index contributed by atoms with van der Waals surface area (Å²) in [5, 5.41) is 3.42. The number of hydrogen-bond acceptors (Lipinski definition) is 6. The summed E-state index contributed by atoms with van der Waals surface area (Å²) in [4.78, 5) is 0.111. The summed E-state index contributed by atoms with van der Waals surface area (Å²) in [7, 11) is -3.28. The van der Waals surface area contributed by atoms with Crippen molar-refractivity contribution in [3.63, 3.8) is 0 Å². The lowest BCUT2D eigenvalue weighted by molar-refractivity contribution is 0.602. The van der Waals surface area contributed by atoms with E-state index in [1.54, 1.807) is 0 Å². The molecule has 0 bridgehead atoms. The molecule has 0 spiro atoms. The van der Waals surface area contributed by atoms with Crippen LogP contribution in [0.3, 0.4) is 0 Å². The van der Waals surface area contributed by atoms with E-state index >= 15 is 0 Å². The molecule has 0 atom stereocenters. The highest BCUT2D eigenvalue weighted by Crippen LogP contribution is 2.30. The van der Waals surface area contributed by atoms with Gasteiger partial charge >= 0.3 is 0 Å². The van der Waals surface area contributed by atoms with Crippen LogP contribution in [0.5, 0.6) is 0 Å². The first-order chi connectivity index (χ1) is 5.96. The molecule has 0 saturated heterocycles. The lowest BCUT2D eigenvalue weighted by Gasteiger charge is -2.01. The molecule has 74 valence electrons. The molecular formula is C6H11N3O2S2. The van der Waals surface area contributed by atoms with E-state index in [-0.39, 0.29) is 10.7 Å². The Balaban J connectivity index is 3.25. The minimum Gasteiger partial charge on any atom is -0.382 e. The smallest absolute Gasteiger partial charge is 0.182 e. The minimum absolute atomic E-state index is 0.0726. The van der Waals surface area contributed by atoms with Gasteiger partial charge in [-0.3, -0.25) is 0 Å². The van der Waals surface area contributed by atoms with Gasteiger partial charge in [-0.25, -0.2) is 8.42 Å². The second kappa shape index (κ2) is 3.51. The molecule has 0 aliphatic rings. The molecule has 0 fully saturated rings. The first kappa shape index (κ1) is 10.3. The van der Waals surface area contributed by atoms with E-state index in [4.69, 9.17) is 5.73 Å². The Bertz CT molecular complexity index is 396. The van der Waals surface area contributed by atoms with E-state index in [0.717, 1.165) is 17.8 Å². The van der Waals surface area contributed by atoms with Crippen LogP contribution in [0, 0.1) is 0 Å². The first-order valence-corrected chi connectivity index (χ1v) is 6.32. The SMILES string of the molecule is CCNc1snc(N)c1S(C)(=O)=O. The molecular weight excluding hydrogens is 210 g/mol. The molecule has 0 unspecified atom stereocenters. The fourth-order valence-electron chi connectivity index (χ4n) is 0.925. The summed E-state index contributed by atoms with van der Waals surface area (Å²) in [6.45, 7) is 2.52. The van der Waals surface area contributed by atoms with Gasteiger partial charge in [0.15, 0.2) is 15.7 Å². The van der Waals surface area contributed by atoms with Crippen molar-refractivity contribution in [2.45, 2.75) is 11.8 Å². The lowest BCUT2D eigenvalue weighted by atomic mass is 10.6. The number of hydrogen-bond donors (Lipinski definition) is 2. The third-order valence-electron chi connectivity index (χ3n) is 1.38. The summed E-state index contributed by atoms with van der Waals surface area (Å²) >= 11 is 1.06. The number of nitrogens with zero attached hydrogens (tertiary/aromatic N) is 1. The van der Waals surface area contributed by atoms with E-state index in [2.05, 4.69) is 9.69 Å². The van der Waals surface area contributed by atoms with Gasteiger partial charge in [-0.15, -0.1) is 0 Å². The van der Waals surface area contributed by atoms with Crippen LogP contribution in [0.2, 0.25) is 0 Å². The summed E-state index contributed by atoms with van der Waals surface area (Å²) in [5.74, 6) is 0.0726. The normalized spacial score (nSPS) is 11.5. The van der Waals surface area contributed by atoms with E-state index in [9.17, 15) is 8.42 Å². The zero-order valence-corrected chi connectivity index (χ0v) is 9.00. The summed E-state index contributed by atoms with van der Waals surface area (Å²) in [6.07, 6.45) is 1.12. The first-order valence-electron chi connectivity index (χ1n) is 3.66. The Labute approximate surface area is 81.0 Å². The van der Waals surface area contributed by atoms with Crippen LogP contribution in [0.25, 0.3) is 0 Å². The predicted octanol–water partition coefficient (Wildman–Crippen LogP) is 0.561. The van der Waals surface area contributed by atoms with Gasteiger partial charge in [-0.05, 0) is 18.5 Å². The monoisotopic (exact) mass is 221 g/mol. The van der Waals surface area contributed by atoms with Gasteiger partial charge in [0.25, 0.3) is 0 Å². The van der Waals surface area contributed by atoms with Gasteiger partial charge in [0, 0.05) is 12.8 Å². The maximum absolute atomic E-state index is 11.3. The van der Waals surface area contributed by atoms with Gasteiger partial charge in [0.1, 0.15) is 9.90 Å². The van der Waals surface area contributed by atoms with E-state index in [1.165, 1.54) is 0 Å². The lowest BCUT2D eigenvalue weighted by Crippen LogP contribution is -2.05. The molecule has 5 nitrogen and oxygen atoms in total. The van der Waals surface area contributed by atoms with Crippen molar-refractivity contribution in [2.24, 2.45) is 0 Å². The van der Waals surface area contributed by atoms with Gasteiger partial charge in [-0.1, -0.05) is 0 Å². The van der Waals surface area contributed by atoms with E-state index in [0.29, 0.717) is 11.5 Å². The maximum Gasteiger partial charge on any atom is 0.182 e. The van der Waals surface area contributed by atoms with Crippen molar-refractivity contribution >= 4 is 32.2 Å². The Hall–Kier alpha value is -0.820. The molecule has 3 N–H and O–H groups in total. The van der Waals surface area contributed by atoms with Gasteiger partial charge in [-0.2, -0.15) is 4.37 Å². The highest BCUT2D eigenvalue weighted by Gasteiger charge is 2.20. The summed E-state index contributed by atoms with van der Waals surface area (Å²) in [5.41, 5.74) is 5.44. The molecule has 0 radical (unpaired) electrons.